The molecule has 0 spiro atoms. The molecule has 1 heterocycles. The first kappa shape index (κ1) is 14.1. The summed E-state index contributed by atoms with van der Waals surface area (Å²) in [6.07, 6.45) is 0. The number of rotatable bonds is 4. The van der Waals surface area contributed by atoms with Crippen molar-refractivity contribution in [3.63, 3.8) is 0 Å². The molecule has 18 heavy (non-hydrogen) atoms. The van der Waals surface area contributed by atoms with Gasteiger partial charge < -0.3 is 5.32 Å². The van der Waals surface area contributed by atoms with E-state index in [2.05, 4.69) is 59.4 Å². The van der Waals surface area contributed by atoms with Gasteiger partial charge in [-0.1, -0.05) is 39.7 Å². The van der Waals surface area contributed by atoms with Gasteiger partial charge in [-0.2, -0.15) is 0 Å². The number of hydrogen-bond donors (Lipinski definition) is 1. The zero-order chi connectivity index (χ0) is 13.1. The van der Waals surface area contributed by atoms with Crippen LogP contribution in [0.15, 0.2) is 34.8 Å². The molecule has 0 bridgehead atoms. The highest BCUT2D eigenvalue weighted by Crippen LogP contribution is 2.27. The summed E-state index contributed by atoms with van der Waals surface area (Å²) >= 11 is 11.1. The Morgan fingerprint density at radius 2 is 2.11 bits per heavy atom. The Morgan fingerprint density at radius 1 is 1.33 bits per heavy atom. The van der Waals surface area contributed by atoms with Gasteiger partial charge in [0.25, 0.3) is 0 Å². The molecule has 0 aliphatic carbocycles. The van der Waals surface area contributed by atoms with Crippen LogP contribution in [0.25, 0.3) is 0 Å². The number of aryl methyl sites for hydroxylation is 1. The molecule has 2 rings (SSSR count). The molecule has 2 aromatic rings. The summed E-state index contributed by atoms with van der Waals surface area (Å²) in [6.45, 7) is 5.13. The molecule has 0 aliphatic heterocycles. The maximum Gasteiger partial charge on any atom is 0.0931 e. The Morgan fingerprint density at radius 3 is 2.72 bits per heavy atom. The minimum Gasteiger partial charge on any atom is -0.305 e. The van der Waals surface area contributed by atoms with Crippen LogP contribution in [0.5, 0.6) is 0 Å². The molecule has 4 heteroatoms. The summed E-state index contributed by atoms with van der Waals surface area (Å²) in [4.78, 5) is 1.27. The van der Waals surface area contributed by atoms with Crippen LogP contribution in [0, 0.1) is 6.92 Å². The zero-order valence-electron chi connectivity index (χ0n) is 10.3. The summed E-state index contributed by atoms with van der Waals surface area (Å²) in [5.74, 6) is 0. The highest BCUT2D eigenvalue weighted by Gasteiger charge is 2.07. The fraction of sp³-hybridized carbons (Fsp3) is 0.286. The summed E-state index contributed by atoms with van der Waals surface area (Å²) in [7, 11) is 0. The Balaban J connectivity index is 1.97. The predicted octanol–water partition coefficient (Wildman–Crippen LogP) is 5.32. The SMILES string of the molecule is Cc1cc(CNC(C)c2ccc(Cl)s2)ccc1Br. The molecule has 96 valence electrons. The standard InChI is InChI=1S/C14H15BrClNS/c1-9-7-11(3-4-12(9)15)8-17-10(2)13-5-6-14(16)18-13/h3-7,10,17H,8H2,1-2H3. The molecule has 1 atom stereocenters. The quantitative estimate of drug-likeness (QED) is 0.791. The van der Waals surface area contributed by atoms with Gasteiger partial charge in [0.15, 0.2) is 0 Å². The van der Waals surface area contributed by atoms with Gasteiger partial charge in [-0.3, -0.25) is 0 Å². The Kier molecular flexibility index (Phi) is 4.84. The monoisotopic (exact) mass is 343 g/mol. The summed E-state index contributed by atoms with van der Waals surface area (Å²) in [5, 5.41) is 3.51. The topological polar surface area (TPSA) is 12.0 Å². The minimum absolute atomic E-state index is 0.325. The van der Waals surface area contributed by atoms with Crippen molar-refractivity contribution in [1.29, 1.82) is 0 Å². The van der Waals surface area contributed by atoms with Crippen LogP contribution in [0.2, 0.25) is 4.34 Å². The van der Waals surface area contributed by atoms with Crippen molar-refractivity contribution in [3.8, 4) is 0 Å². The van der Waals surface area contributed by atoms with E-state index in [0.29, 0.717) is 6.04 Å². The average Bonchev–Trinajstić information content (AvgIpc) is 2.77. The largest absolute Gasteiger partial charge is 0.305 e. The lowest BCUT2D eigenvalue weighted by atomic mass is 10.1. The number of thiophene rings is 1. The normalized spacial score (nSPS) is 12.7. The first-order valence-corrected chi connectivity index (χ1v) is 7.78. The van der Waals surface area contributed by atoms with E-state index >= 15 is 0 Å². The van der Waals surface area contributed by atoms with Crippen LogP contribution in [0.1, 0.15) is 29.0 Å². The van der Waals surface area contributed by atoms with Crippen molar-refractivity contribution in [2.75, 3.05) is 0 Å². The lowest BCUT2D eigenvalue weighted by Crippen LogP contribution is -2.17. The number of halogens is 2. The van der Waals surface area contributed by atoms with Crippen molar-refractivity contribution in [2.45, 2.75) is 26.4 Å². The van der Waals surface area contributed by atoms with E-state index in [9.17, 15) is 0 Å². The van der Waals surface area contributed by atoms with E-state index in [4.69, 9.17) is 11.6 Å². The van der Waals surface area contributed by atoms with E-state index in [1.54, 1.807) is 11.3 Å². The molecule has 0 saturated heterocycles. The predicted molar refractivity (Wildman–Crippen MR) is 83.5 cm³/mol. The van der Waals surface area contributed by atoms with Crippen molar-refractivity contribution in [1.82, 2.24) is 5.32 Å². The van der Waals surface area contributed by atoms with E-state index in [1.807, 2.05) is 6.07 Å². The van der Waals surface area contributed by atoms with Gasteiger partial charge in [-0.05, 0) is 43.2 Å². The number of benzene rings is 1. The van der Waals surface area contributed by atoms with Crippen LogP contribution in [-0.4, -0.2) is 0 Å². The van der Waals surface area contributed by atoms with Gasteiger partial charge in [-0.25, -0.2) is 0 Å². The van der Waals surface area contributed by atoms with Gasteiger partial charge in [0.1, 0.15) is 0 Å². The Labute approximate surface area is 125 Å². The molecule has 0 aliphatic rings. The van der Waals surface area contributed by atoms with E-state index in [-0.39, 0.29) is 0 Å². The molecule has 0 fully saturated rings. The van der Waals surface area contributed by atoms with E-state index in [0.717, 1.165) is 15.4 Å². The van der Waals surface area contributed by atoms with Gasteiger partial charge in [0.2, 0.25) is 0 Å². The molecule has 1 unspecified atom stereocenters. The lowest BCUT2D eigenvalue weighted by Gasteiger charge is -2.12. The molecule has 1 N–H and O–H groups in total. The van der Waals surface area contributed by atoms with Crippen molar-refractivity contribution in [3.05, 3.63) is 55.1 Å². The molecule has 1 aromatic carbocycles. The van der Waals surface area contributed by atoms with Gasteiger partial charge in [0, 0.05) is 21.9 Å². The first-order chi connectivity index (χ1) is 8.56. The third-order valence-corrected chi connectivity index (χ3v) is 5.16. The van der Waals surface area contributed by atoms with Crippen LogP contribution in [0.3, 0.4) is 0 Å². The van der Waals surface area contributed by atoms with E-state index in [1.165, 1.54) is 16.0 Å². The molecular formula is C14H15BrClNS. The van der Waals surface area contributed by atoms with Gasteiger partial charge >= 0.3 is 0 Å². The molecule has 1 nitrogen and oxygen atoms in total. The van der Waals surface area contributed by atoms with Crippen LogP contribution in [-0.2, 0) is 6.54 Å². The Hall–Kier alpha value is -0.350. The molecule has 1 aromatic heterocycles. The van der Waals surface area contributed by atoms with Gasteiger partial charge in [-0.15, -0.1) is 11.3 Å². The maximum absolute atomic E-state index is 5.95. The van der Waals surface area contributed by atoms with Crippen LogP contribution in [0.4, 0.5) is 0 Å². The number of nitrogens with one attached hydrogen (secondary N) is 1. The summed E-state index contributed by atoms with van der Waals surface area (Å²) in [6, 6.07) is 10.8. The Bertz CT molecular complexity index is 538. The average molecular weight is 345 g/mol. The maximum atomic E-state index is 5.95. The zero-order valence-corrected chi connectivity index (χ0v) is 13.5. The highest BCUT2D eigenvalue weighted by atomic mass is 79.9. The second-order valence-corrected chi connectivity index (χ2v) is 6.93. The minimum atomic E-state index is 0.325. The lowest BCUT2D eigenvalue weighted by molar-refractivity contribution is 0.583. The first-order valence-electron chi connectivity index (χ1n) is 5.80. The highest BCUT2D eigenvalue weighted by molar-refractivity contribution is 9.10. The third kappa shape index (κ3) is 3.58. The number of hydrogen-bond acceptors (Lipinski definition) is 2. The third-order valence-electron chi connectivity index (χ3n) is 2.86. The van der Waals surface area contributed by atoms with Crippen molar-refractivity contribution >= 4 is 38.9 Å². The summed E-state index contributed by atoms with van der Waals surface area (Å²) < 4.78 is 2.00. The smallest absolute Gasteiger partial charge is 0.0931 e. The molecule has 0 amide bonds. The van der Waals surface area contributed by atoms with Crippen LogP contribution < -0.4 is 5.32 Å². The molecular weight excluding hydrogens is 330 g/mol. The second kappa shape index (κ2) is 6.20. The summed E-state index contributed by atoms with van der Waals surface area (Å²) in [5.41, 5.74) is 2.56. The van der Waals surface area contributed by atoms with Gasteiger partial charge in [0.05, 0.1) is 4.34 Å². The van der Waals surface area contributed by atoms with Crippen molar-refractivity contribution in [2.24, 2.45) is 0 Å². The van der Waals surface area contributed by atoms with Crippen molar-refractivity contribution < 1.29 is 0 Å². The van der Waals surface area contributed by atoms with E-state index < -0.39 is 0 Å². The molecule has 0 radical (unpaired) electrons. The van der Waals surface area contributed by atoms with Crippen LogP contribution >= 0.6 is 38.9 Å². The fourth-order valence-electron chi connectivity index (χ4n) is 1.75. The molecule has 0 saturated carbocycles. The second-order valence-electron chi connectivity index (χ2n) is 4.33. The fourth-order valence-corrected chi connectivity index (χ4v) is 3.08.